The summed E-state index contributed by atoms with van der Waals surface area (Å²) in [4.78, 5) is 22.7. The summed E-state index contributed by atoms with van der Waals surface area (Å²) < 4.78 is 2.77. The Morgan fingerprint density at radius 3 is 2.62 bits per heavy atom. The second kappa shape index (κ2) is 8.36. The Morgan fingerprint density at radius 2 is 1.91 bits per heavy atom. The number of azo groups is 1. The minimum atomic E-state index is -0.144. The van der Waals surface area contributed by atoms with Crippen molar-refractivity contribution in [3.63, 3.8) is 0 Å². The van der Waals surface area contributed by atoms with Gasteiger partial charge in [0.25, 0.3) is 5.95 Å². The van der Waals surface area contributed by atoms with Crippen LogP contribution in [0.5, 0.6) is 0 Å². The molecule has 0 radical (unpaired) electrons. The van der Waals surface area contributed by atoms with E-state index >= 15 is 0 Å². The predicted molar refractivity (Wildman–Crippen MR) is 120 cm³/mol. The average Bonchev–Trinajstić information content (AvgIpc) is 3.51. The highest BCUT2D eigenvalue weighted by Gasteiger charge is 2.17. The number of nitrogens with one attached hydrogen (secondary N) is 2. The maximum Gasteiger partial charge on any atom is 0.252 e. The van der Waals surface area contributed by atoms with Gasteiger partial charge in [-0.1, -0.05) is 0 Å². The van der Waals surface area contributed by atoms with Crippen LogP contribution < -0.4 is 5.32 Å². The van der Waals surface area contributed by atoms with Gasteiger partial charge >= 0.3 is 0 Å². The van der Waals surface area contributed by atoms with E-state index in [0.29, 0.717) is 28.5 Å². The number of benzene rings is 1. The normalized spacial score (nSPS) is 11.2. The van der Waals surface area contributed by atoms with Gasteiger partial charge in [0.15, 0.2) is 23.0 Å². The van der Waals surface area contributed by atoms with Crippen LogP contribution >= 0.6 is 0 Å². The van der Waals surface area contributed by atoms with E-state index in [2.05, 4.69) is 45.8 Å². The lowest BCUT2D eigenvalue weighted by atomic mass is 10.2. The molecule has 5 aromatic rings. The van der Waals surface area contributed by atoms with Gasteiger partial charge in [-0.15, -0.1) is 20.0 Å². The Labute approximate surface area is 191 Å². The lowest BCUT2D eigenvalue weighted by Gasteiger charge is -2.02. The summed E-state index contributed by atoms with van der Waals surface area (Å²) in [6.07, 6.45) is 4.51. The first kappa shape index (κ1) is 20.6. The number of carbonyl (C=O) groups excluding carboxylic acids is 1. The largest absolute Gasteiger partial charge is 0.326 e. The molecule has 0 aliphatic heterocycles. The standard InChI is InChI=1S/C21H16N12O/c1-12-17(28-29-19-15(10-22)11-25-32(19)21-23-8-3-9-24-21)20-27-18(31-33(20)30-12)14-4-6-16(7-5-14)26-13(2)34/h3-9,11H,1-2H3,(H,26,34)(H,27,31)/b29-28+. The lowest BCUT2D eigenvalue weighted by Crippen LogP contribution is -2.05. The van der Waals surface area contributed by atoms with Gasteiger partial charge in [0.05, 0.1) is 11.9 Å². The fourth-order valence-electron chi connectivity index (χ4n) is 3.24. The topological polar surface area (TPSA) is 167 Å². The molecule has 2 N–H and O–H groups in total. The minimum Gasteiger partial charge on any atom is -0.326 e. The van der Waals surface area contributed by atoms with Crippen LogP contribution in [0.4, 0.5) is 17.2 Å². The number of aryl methyl sites for hydroxylation is 1. The molecule has 4 aromatic heterocycles. The van der Waals surface area contributed by atoms with Gasteiger partial charge < -0.3 is 10.3 Å². The molecule has 0 atom stereocenters. The zero-order valence-electron chi connectivity index (χ0n) is 18.0. The van der Waals surface area contributed by atoms with Gasteiger partial charge in [-0.05, 0) is 37.3 Å². The molecule has 13 heteroatoms. The monoisotopic (exact) mass is 452 g/mol. The van der Waals surface area contributed by atoms with E-state index in [9.17, 15) is 10.1 Å². The molecule has 13 nitrogen and oxygen atoms in total. The molecule has 0 aliphatic rings. The van der Waals surface area contributed by atoms with E-state index in [1.165, 1.54) is 22.4 Å². The van der Waals surface area contributed by atoms with Crippen molar-refractivity contribution in [2.45, 2.75) is 13.8 Å². The molecular weight excluding hydrogens is 436 g/mol. The SMILES string of the molecule is CC(=O)Nc1ccc(-c2nn3nc(C)c(/N=N/c4c(C#N)cnn4-c4ncccn4)c3[nH]2)cc1. The highest BCUT2D eigenvalue weighted by Crippen LogP contribution is 2.29. The summed E-state index contributed by atoms with van der Waals surface area (Å²) >= 11 is 0. The van der Waals surface area contributed by atoms with Gasteiger partial charge in [0.1, 0.15) is 11.6 Å². The molecule has 0 bridgehead atoms. The van der Waals surface area contributed by atoms with Gasteiger partial charge in [0, 0.05) is 30.6 Å². The molecule has 0 unspecified atom stereocenters. The molecule has 166 valence electrons. The summed E-state index contributed by atoms with van der Waals surface area (Å²) in [5.74, 6) is 0.880. The van der Waals surface area contributed by atoms with Crippen molar-refractivity contribution in [2.75, 3.05) is 5.32 Å². The maximum atomic E-state index is 11.2. The smallest absolute Gasteiger partial charge is 0.252 e. The fraction of sp³-hybridized carbons (Fsp3) is 0.0952. The second-order valence-electron chi connectivity index (χ2n) is 7.16. The van der Waals surface area contributed by atoms with Crippen LogP contribution in [-0.4, -0.2) is 45.5 Å². The maximum absolute atomic E-state index is 11.2. The molecule has 1 amide bonds. The molecule has 0 saturated carbocycles. The summed E-state index contributed by atoms with van der Waals surface area (Å²) in [6.45, 7) is 3.23. The Bertz CT molecular complexity index is 1570. The molecule has 1 aromatic carbocycles. The quantitative estimate of drug-likeness (QED) is 0.386. The molecule has 5 rings (SSSR count). The first-order valence-corrected chi connectivity index (χ1v) is 10.0. The number of H-pyrrole nitrogens is 1. The Hall–Kier alpha value is -5.25. The number of fused-ring (bicyclic) bond motifs is 1. The van der Waals surface area contributed by atoms with E-state index in [-0.39, 0.29) is 23.2 Å². The zero-order valence-corrected chi connectivity index (χ0v) is 18.0. The number of aromatic amines is 1. The third-order valence-electron chi connectivity index (χ3n) is 4.77. The van der Waals surface area contributed by atoms with Gasteiger partial charge in [-0.2, -0.15) is 20.1 Å². The lowest BCUT2D eigenvalue weighted by molar-refractivity contribution is -0.114. The number of hydrogen-bond acceptors (Lipinski definition) is 9. The molecule has 0 spiro atoms. The number of hydrogen-bond donors (Lipinski definition) is 2. The predicted octanol–water partition coefficient (Wildman–Crippen LogP) is 3.25. The number of amides is 1. The van der Waals surface area contributed by atoms with Crippen molar-refractivity contribution in [3.05, 3.63) is 60.2 Å². The summed E-state index contributed by atoms with van der Waals surface area (Å²) in [7, 11) is 0. The highest BCUT2D eigenvalue weighted by molar-refractivity contribution is 5.88. The second-order valence-corrected chi connectivity index (χ2v) is 7.16. The highest BCUT2D eigenvalue weighted by atomic mass is 16.1. The van der Waals surface area contributed by atoms with E-state index in [1.807, 2.05) is 18.2 Å². The van der Waals surface area contributed by atoms with Crippen molar-refractivity contribution in [2.24, 2.45) is 10.2 Å². The average molecular weight is 452 g/mol. The molecular formula is C21H16N12O. The third kappa shape index (κ3) is 3.75. The molecule has 0 aliphatic carbocycles. The molecule has 34 heavy (non-hydrogen) atoms. The van der Waals surface area contributed by atoms with E-state index in [0.717, 1.165) is 5.56 Å². The van der Waals surface area contributed by atoms with Gasteiger partial charge in [-0.3, -0.25) is 4.79 Å². The van der Waals surface area contributed by atoms with E-state index < -0.39 is 0 Å². The van der Waals surface area contributed by atoms with E-state index in [4.69, 9.17) is 0 Å². The van der Waals surface area contributed by atoms with Crippen molar-refractivity contribution < 1.29 is 4.79 Å². The number of nitrogens with zero attached hydrogens (tertiary/aromatic N) is 10. The summed E-state index contributed by atoms with van der Waals surface area (Å²) in [6, 6.07) is 10.9. The van der Waals surface area contributed by atoms with Crippen LogP contribution in [0.15, 0.2) is 59.2 Å². The molecule has 4 heterocycles. The van der Waals surface area contributed by atoms with Crippen LogP contribution in [0.1, 0.15) is 18.2 Å². The van der Waals surface area contributed by atoms with E-state index in [1.54, 1.807) is 37.5 Å². The van der Waals surface area contributed by atoms with Crippen LogP contribution in [0.3, 0.4) is 0 Å². The van der Waals surface area contributed by atoms with Crippen molar-refractivity contribution in [1.29, 1.82) is 5.26 Å². The summed E-state index contributed by atoms with van der Waals surface area (Å²) in [5, 5.41) is 33.8. The van der Waals surface area contributed by atoms with Crippen LogP contribution in [0, 0.1) is 18.3 Å². The Morgan fingerprint density at radius 1 is 1.15 bits per heavy atom. The number of nitriles is 1. The zero-order chi connectivity index (χ0) is 23.7. The first-order valence-electron chi connectivity index (χ1n) is 10.0. The van der Waals surface area contributed by atoms with Crippen LogP contribution in [0.25, 0.3) is 23.0 Å². The Balaban J connectivity index is 1.51. The number of aromatic nitrogens is 8. The minimum absolute atomic E-state index is 0.144. The Kier molecular flexibility index (Phi) is 5.07. The van der Waals surface area contributed by atoms with Crippen molar-refractivity contribution in [3.8, 4) is 23.4 Å². The molecule has 0 fully saturated rings. The van der Waals surface area contributed by atoms with Crippen LogP contribution in [-0.2, 0) is 4.79 Å². The van der Waals surface area contributed by atoms with Crippen LogP contribution in [0.2, 0.25) is 0 Å². The third-order valence-corrected chi connectivity index (χ3v) is 4.77. The number of anilines is 1. The number of rotatable bonds is 5. The van der Waals surface area contributed by atoms with Gasteiger partial charge in [-0.25, -0.2) is 9.97 Å². The fourth-order valence-corrected chi connectivity index (χ4v) is 3.24. The first-order chi connectivity index (χ1) is 16.5. The summed E-state index contributed by atoms with van der Waals surface area (Å²) in [5.41, 5.74) is 3.29. The van der Waals surface area contributed by atoms with Crippen molar-refractivity contribution in [1.82, 2.24) is 39.6 Å². The van der Waals surface area contributed by atoms with Crippen molar-refractivity contribution >= 4 is 28.7 Å². The number of carbonyl (C=O) groups is 1. The molecule has 0 saturated heterocycles. The van der Waals surface area contributed by atoms with Gasteiger partial charge in [0.2, 0.25) is 5.91 Å².